The van der Waals surface area contributed by atoms with Gasteiger partial charge in [-0.25, -0.2) is 8.42 Å². The van der Waals surface area contributed by atoms with Crippen molar-refractivity contribution in [2.75, 3.05) is 32.7 Å². The summed E-state index contributed by atoms with van der Waals surface area (Å²) in [6.07, 6.45) is 1.26. The Morgan fingerprint density at radius 3 is 2.54 bits per heavy atom. The molecule has 26 heavy (non-hydrogen) atoms. The molecule has 1 atom stereocenters. The summed E-state index contributed by atoms with van der Waals surface area (Å²) in [5.41, 5.74) is -0.394. The molecule has 2 rings (SSSR count). The molecule has 0 saturated carbocycles. The number of nitrogens with zero attached hydrogens (tertiary/aromatic N) is 3. The minimum atomic E-state index is -3.67. The highest BCUT2D eigenvalue weighted by Crippen LogP contribution is 2.14. The molecular weight excluding hydrogens is 380 g/mol. The highest BCUT2D eigenvalue weighted by Gasteiger charge is 2.25. The maximum absolute atomic E-state index is 12.6. The van der Waals surface area contributed by atoms with Gasteiger partial charge < -0.3 is 14.8 Å². The van der Waals surface area contributed by atoms with Gasteiger partial charge in [0.15, 0.2) is 0 Å². The number of hydrogen-bond acceptors (Lipinski definition) is 5. The molecule has 0 radical (unpaired) electrons. The number of pyridine rings is 1. The summed E-state index contributed by atoms with van der Waals surface area (Å²) in [5, 5.41) is 3.20. The predicted molar refractivity (Wildman–Crippen MR) is 102 cm³/mol. The standard InChI is InChI=1S/C16H26N4O4S.ClH/c1-4-19(5-2)25(23,24)14-6-7-15(21)18(11-14)12-16(22)20-9-8-17-10-13(20)3;/h6-7,11,13,17H,4-5,8-10,12H2,1-3H3;1H/t13-;/m1./s1. The first-order valence-electron chi connectivity index (χ1n) is 8.52. The molecule has 1 fully saturated rings. The van der Waals surface area contributed by atoms with Gasteiger partial charge in [0.2, 0.25) is 15.9 Å². The zero-order chi connectivity index (χ0) is 18.6. The molecule has 0 aliphatic carbocycles. The number of hydrogen-bond donors (Lipinski definition) is 1. The van der Waals surface area contributed by atoms with Gasteiger partial charge in [-0.3, -0.25) is 9.59 Å². The molecule has 10 heteroatoms. The average molecular weight is 407 g/mol. The van der Waals surface area contributed by atoms with Crippen molar-refractivity contribution in [1.82, 2.24) is 19.1 Å². The molecule has 1 saturated heterocycles. The molecule has 0 unspecified atom stereocenters. The lowest BCUT2D eigenvalue weighted by atomic mass is 10.2. The van der Waals surface area contributed by atoms with Crippen LogP contribution in [0.1, 0.15) is 20.8 Å². The Morgan fingerprint density at radius 1 is 1.31 bits per heavy atom. The van der Waals surface area contributed by atoms with Crippen LogP contribution in [0.25, 0.3) is 0 Å². The van der Waals surface area contributed by atoms with Crippen molar-refractivity contribution < 1.29 is 13.2 Å². The summed E-state index contributed by atoms with van der Waals surface area (Å²) in [7, 11) is -3.67. The van der Waals surface area contributed by atoms with Gasteiger partial charge in [-0.1, -0.05) is 13.8 Å². The van der Waals surface area contributed by atoms with Crippen LogP contribution >= 0.6 is 12.4 Å². The monoisotopic (exact) mass is 406 g/mol. The van der Waals surface area contributed by atoms with Crippen molar-refractivity contribution in [2.45, 2.75) is 38.3 Å². The third kappa shape index (κ3) is 4.85. The van der Waals surface area contributed by atoms with Gasteiger partial charge in [-0.2, -0.15) is 4.31 Å². The van der Waals surface area contributed by atoms with Crippen molar-refractivity contribution in [3.8, 4) is 0 Å². The lowest BCUT2D eigenvalue weighted by Gasteiger charge is -2.34. The van der Waals surface area contributed by atoms with Crippen molar-refractivity contribution in [3.05, 3.63) is 28.7 Å². The Bertz CT molecular complexity index is 777. The largest absolute Gasteiger partial charge is 0.336 e. The first-order chi connectivity index (χ1) is 11.8. The topological polar surface area (TPSA) is 91.7 Å². The molecule has 1 aliphatic heterocycles. The molecule has 0 aromatic carbocycles. The first kappa shape index (κ1) is 22.6. The van der Waals surface area contributed by atoms with Gasteiger partial charge in [0.05, 0.1) is 4.90 Å². The molecule has 1 aromatic rings. The number of carbonyl (C=O) groups excluding carboxylic acids is 1. The summed E-state index contributed by atoms with van der Waals surface area (Å²) >= 11 is 0. The molecule has 8 nitrogen and oxygen atoms in total. The second-order valence-corrected chi connectivity index (χ2v) is 8.00. The second kappa shape index (κ2) is 9.50. The van der Waals surface area contributed by atoms with E-state index in [1.54, 1.807) is 18.7 Å². The quantitative estimate of drug-likeness (QED) is 0.724. The fourth-order valence-corrected chi connectivity index (χ4v) is 4.42. The van der Waals surface area contributed by atoms with Crippen LogP contribution in [-0.2, 0) is 21.4 Å². The third-order valence-electron chi connectivity index (χ3n) is 4.43. The molecule has 1 aromatic heterocycles. The Balaban J connectivity index is 0.00000338. The third-order valence-corrected chi connectivity index (χ3v) is 6.46. The Kier molecular flexibility index (Phi) is 8.26. The summed E-state index contributed by atoms with van der Waals surface area (Å²) in [6, 6.07) is 2.54. The van der Waals surface area contributed by atoms with Crippen LogP contribution in [0, 0.1) is 0 Å². The van der Waals surface area contributed by atoms with Crippen LogP contribution < -0.4 is 10.9 Å². The van der Waals surface area contributed by atoms with Gasteiger partial charge in [0, 0.05) is 51.0 Å². The molecule has 148 valence electrons. The van der Waals surface area contributed by atoms with Gasteiger partial charge in [-0.05, 0) is 13.0 Å². The molecule has 0 spiro atoms. The Hall–Kier alpha value is -1.42. The fourth-order valence-electron chi connectivity index (χ4n) is 2.95. The molecular formula is C16H27ClN4O4S. The van der Waals surface area contributed by atoms with Crippen molar-refractivity contribution in [1.29, 1.82) is 0 Å². The summed E-state index contributed by atoms with van der Waals surface area (Å²) in [4.78, 5) is 26.3. The van der Waals surface area contributed by atoms with Crippen LogP contribution in [0.2, 0.25) is 0 Å². The smallest absolute Gasteiger partial charge is 0.251 e. The number of carbonyl (C=O) groups is 1. The SMILES string of the molecule is CCN(CC)S(=O)(=O)c1ccc(=O)n(CC(=O)N2CCNC[C@H]2C)c1.Cl. The zero-order valence-corrected chi connectivity index (χ0v) is 17.0. The summed E-state index contributed by atoms with van der Waals surface area (Å²) in [5.74, 6) is -0.187. The molecule has 2 heterocycles. The number of piperazine rings is 1. The predicted octanol–water partition coefficient (Wildman–Crippen LogP) is 0.121. The first-order valence-corrected chi connectivity index (χ1v) is 9.96. The lowest BCUT2D eigenvalue weighted by Crippen LogP contribution is -2.53. The highest BCUT2D eigenvalue weighted by molar-refractivity contribution is 7.89. The van der Waals surface area contributed by atoms with Gasteiger partial charge in [-0.15, -0.1) is 12.4 Å². The molecule has 0 bridgehead atoms. The van der Waals surface area contributed by atoms with E-state index in [4.69, 9.17) is 0 Å². The number of amides is 1. The van der Waals surface area contributed by atoms with Crippen LogP contribution in [0.5, 0.6) is 0 Å². The fraction of sp³-hybridized carbons (Fsp3) is 0.625. The molecule has 1 aliphatic rings. The van der Waals surface area contributed by atoms with Crippen molar-refractivity contribution in [2.24, 2.45) is 0 Å². The molecule has 1 N–H and O–H groups in total. The number of rotatable bonds is 6. The van der Waals surface area contributed by atoms with E-state index in [0.29, 0.717) is 32.7 Å². The van der Waals surface area contributed by atoms with Gasteiger partial charge in [0.1, 0.15) is 6.54 Å². The number of halogens is 1. The maximum atomic E-state index is 12.6. The Labute approximate surface area is 160 Å². The minimum absolute atomic E-state index is 0. The van der Waals surface area contributed by atoms with E-state index in [9.17, 15) is 18.0 Å². The summed E-state index contributed by atoms with van der Waals surface area (Å²) < 4.78 is 27.7. The zero-order valence-electron chi connectivity index (χ0n) is 15.3. The van der Waals surface area contributed by atoms with E-state index < -0.39 is 15.6 Å². The molecule has 1 amide bonds. The van der Waals surface area contributed by atoms with E-state index in [-0.39, 0.29) is 35.8 Å². The maximum Gasteiger partial charge on any atom is 0.251 e. The Morgan fingerprint density at radius 2 is 1.96 bits per heavy atom. The van der Waals surface area contributed by atoms with Crippen molar-refractivity contribution >= 4 is 28.3 Å². The van der Waals surface area contributed by atoms with Gasteiger partial charge in [0.25, 0.3) is 5.56 Å². The second-order valence-electron chi connectivity index (χ2n) is 6.06. The number of sulfonamides is 1. The lowest BCUT2D eigenvalue weighted by molar-refractivity contribution is -0.134. The highest BCUT2D eigenvalue weighted by atomic mass is 35.5. The van der Waals surface area contributed by atoms with Gasteiger partial charge >= 0.3 is 0 Å². The van der Waals surface area contributed by atoms with E-state index in [1.165, 1.54) is 27.2 Å². The van der Waals surface area contributed by atoms with Crippen LogP contribution in [0.15, 0.2) is 28.0 Å². The van der Waals surface area contributed by atoms with E-state index >= 15 is 0 Å². The number of nitrogens with one attached hydrogen (secondary N) is 1. The van der Waals surface area contributed by atoms with Crippen molar-refractivity contribution in [3.63, 3.8) is 0 Å². The minimum Gasteiger partial charge on any atom is -0.336 e. The van der Waals surface area contributed by atoms with Crippen LogP contribution in [0.4, 0.5) is 0 Å². The van der Waals surface area contributed by atoms with Crippen LogP contribution in [0.3, 0.4) is 0 Å². The summed E-state index contributed by atoms with van der Waals surface area (Å²) in [6.45, 7) is 7.96. The van der Waals surface area contributed by atoms with E-state index in [0.717, 1.165) is 0 Å². The van der Waals surface area contributed by atoms with Crippen LogP contribution in [-0.4, -0.2) is 66.9 Å². The van der Waals surface area contributed by atoms with E-state index in [2.05, 4.69) is 5.32 Å². The number of aromatic nitrogens is 1. The average Bonchev–Trinajstić information content (AvgIpc) is 2.57. The normalized spacial score (nSPS) is 17.8. The van der Waals surface area contributed by atoms with E-state index in [1.807, 2.05) is 6.92 Å².